The summed E-state index contributed by atoms with van der Waals surface area (Å²) in [6, 6.07) is 8.33. The summed E-state index contributed by atoms with van der Waals surface area (Å²) >= 11 is 0. The number of rotatable bonds is 6. The van der Waals surface area contributed by atoms with Gasteiger partial charge in [-0.15, -0.1) is 0 Å². The van der Waals surface area contributed by atoms with Gasteiger partial charge in [-0.05, 0) is 43.1 Å². The zero-order valence-corrected chi connectivity index (χ0v) is 14.4. The molecular weight excluding hydrogens is 286 g/mol. The molecule has 0 spiro atoms. The van der Waals surface area contributed by atoms with Gasteiger partial charge in [-0.1, -0.05) is 20.8 Å². The summed E-state index contributed by atoms with van der Waals surface area (Å²) in [7, 11) is 0. The van der Waals surface area contributed by atoms with Gasteiger partial charge in [0.05, 0.1) is 12.3 Å². The highest BCUT2D eigenvalue weighted by atomic mass is 16.5. The Morgan fingerprint density at radius 3 is 2.74 bits per heavy atom. The van der Waals surface area contributed by atoms with Crippen molar-refractivity contribution in [3.63, 3.8) is 0 Å². The molecule has 0 unspecified atom stereocenters. The fourth-order valence-corrected chi connectivity index (χ4v) is 3.07. The molecule has 0 atom stereocenters. The topological polar surface area (TPSA) is 41.2 Å². The average Bonchev–Trinajstić information content (AvgIpc) is 2.97. The summed E-state index contributed by atoms with van der Waals surface area (Å²) < 4.78 is 5.76. The maximum absolute atomic E-state index is 5.76. The number of hydrogen-bond donors (Lipinski definition) is 1. The number of fused-ring (bicyclic) bond motifs is 1. The molecule has 1 aromatic carbocycles. The molecule has 2 aromatic rings. The quantitative estimate of drug-likeness (QED) is 0.880. The number of nitrogens with one attached hydrogen (secondary N) is 1. The van der Waals surface area contributed by atoms with Crippen LogP contribution >= 0.6 is 0 Å². The molecule has 0 bridgehead atoms. The molecule has 1 aliphatic rings. The second-order valence-corrected chi connectivity index (χ2v) is 6.78. The minimum Gasteiger partial charge on any atom is -0.493 e. The molecule has 2 heterocycles. The minimum atomic E-state index is 0.539. The third-order valence-electron chi connectivity index (χ3n) is 4.26. The smallest absolute Gasteiger partial charge is 0.119 e. The summed E-state index contributed by atoms with van der Waals surface area (Å²) in [5.41, 5.74) is 4.92. The number of aromatic nitrogens is 2. The first kappa shape index (κ1) is 16.1. The molecule has 124 valence electrons. The van der Waals surface area contributed by atoms with E-state index in [0.717, 1.165) is 49.7 Å². The first-order chi connectivity index (χ1) is 11.2. The number of nitrogens with zero attached hydrogens (tertiary/aromatic N) is 2. The lowest BCUT2D eigenvalue weighted by Gasteiger charge is -2.26. The summed E-state index contributed by atoms with van der Waals surface area (Å²) in [6.07, 6.45) is 2.27. The van der Waals surface area contributed by atoms with Crippen molar-refractivity contribution < 1.29 is 4.74 Å². The van der Waals surface area contributed by atoms with Crippen LogP contribution in [0.15, 0.2) is 24.3 Å². The second kappa shape index (κ2) is 7.18. The Balaban J connectivity index is 1.76. The van der Waals surface area contributed by atoms with Crippen molar-refractivity contribution in [3.8, 4) is 17.0 Å². The third-order valence-corrected chi connectivity index (χ3v) is 4.26. The Kier molecular flexibility index (Phi) is 5.01. The molecule has 23 heavy (non-hydrogen) atoms. The van der Waals surface area contributed by atoms with Crippen molar-refractivity contribution in [3.05, 3.63) is 35.5 Å². The third kappa shape index (κ3) is 3.75. The molecule has 0 saturated heterocycles. The first-order valence-electron chi connectivity index (χ1n) is 8.69. The van der Waals surface area contributed by atoms with Crippen LogP contribution in [0, 0.1) is 5.92 Å². The van der Waals surface area contributed by atoms with Crippen LogP contribution in [0.2, 0.25) is 0 Å². The molecule has 0 radical (unpaired) electrons. The molecule has 1 aromatic heterocycles. The second-order valence-electron chi connectivity index (χ2n) is 6.78. The number of ether oxygens (including phenoxy) is 1. The van der Waals surface area contributed by atoms with Gasteiger partial charge >= 0.3 is 0 Å². The van der Waals surface area contributed by atoms with E-state index < -0.39 is 0 Å². The monoisotopic (exact) mass is 313 g/mol. The molecule has 0 aliphatic carbocycles. The van der Waals surface area contributed by atoms with E-state index in [2.05, 4.69) is 48.0 Å². The molecule has 0 saturated carbocycles. The molecule has 0 amide bonds. The maximum Gasteiger partial charge on any atom is 0.119 e. The van der Waals surface area contributed by atoms with Gasteiger partial charge in [-0.25, -0.2) is 0 Å². The number of aromatic amines is 1. The van der Waals surface area contributed by atoms with Crippen LogP contribution in [-0.2, 0) is 13.0 Å². The van der Waals surface area contributed by atoms with Crippen LogP contribution in [0.4, 0.5) is 0 Å². The SMILES string of the molecule is CCCN1CCc2[nH]nc(-c3ccc(OCC(C)C)cc3)c2C1. The number of benzene rings is 1. The van der Waals surface area contributed by atoms with Crippen molar-refractivity contribution in [1.82, 2.24) is 15.1 Å². The number of hydrogen-bond acceptors (Lipinski definition) is 3. The van der Waals surface area contributed by atoms with Crippen LogP contribution in [0.25, 0.3) is 11.3 Å². The zero-order valence-electron chi connectivity index (χ0n) is 14.4. The van der Waals surface area contributed by atoms with Gasteiger partial charge in [0.15, 0.2) is 0 Å². The first-order valence-corrected chi connectivity index (χ1v) is 8.69. The molecule has 1 N–H and O–H groups in total. The maximum atomic E-state index is 5.76. The van der Waals surface area contributed by atoms with Gasteiger partial charge in [0, 0.05) is 36.3 Å². The Labute approximate surface area is 138 Å². The van der Waals surface area contributed by atoms with Crippen molar-refractivity contribution in [2.24, 2.45) is 5.92 Å². The van der Waals surface area contributed by atoms with E-state index in [9.17, 15) is 0 Å². The van der Waals surface area contributed by atoms with Crippen molar-refractivity contribution >= 4 is 0 Å². The molecular formula is C19H27N3O. The van der Waals surface area contributed by atoms with Crippen LogP contribution in [-0.4, -0.2) is 34.8 Å². The van der Waals surface area contributed by atoms with Gasteiger partial charge in [-0.3, -0.25) is 10.00 Å². The summed E-state index contributed by atoms with van der Waals surface area (Å²) in [5.74, 6) is 1.47. The fourth-order valence-electron chi connectivity index (χ4n) is 3.07. The molecule has 3 rings (SSSR count). The van der Waals surface area contributed by atoms with Crippen molar-refractivity contribution in [2.75, 3.05) is 19.7 Å². The van der Waals surface area contributed by atoms with Crippen molar-refractivity contribution in [2.45, 2.75) is 40.2 Å². The van der Waals surface area contributed by atoms with Gasteiger partial charge in [0.25, 0.3) is 0 Å². The zero-order chi connectivity index (χ0) is 16.2. The Hall–Kier alpha value is -1.81. The Morgan fingerprint density at radius 2 is 2.04 bits per heavy atom. The highest BCUT2D eigenvalue weighted by Crippen LogP contribution is 2.29. The van der Waals surface area contributed by atoms with Crippen LogP contribution in [0.1, 0.15) is 38.4 Å². The lowest BCUT2D eigenvalue weighted by Crippen LogP contribution is -2.31. The van der Waals surface area contributed by atoms with Gasteiger partial charge in [0.1, 0.15) is 5.75 Å². The van der Waals surface area contributed by atoms with E-state index in [1.54, 1.807) is 0 Å². The van der Waals surface area contributed by atoms with Gasteiger partial charge in [-0.2, -0.15) is 5.10 Å². The molecule has 1 aliphatic heterocycles. The summed E-state index contributed by atoms with van der Waals surface area (Å²) in [6.45, 7) is 10.6. The van der Waals surface area contributed by atoms with E-state index in [1.165, 1.54) is 17.7 Å². The van der Waals surface area contributed by atoms with Crippen LogP contribution in [0.3, 0.4) is 0 Å². The lowest BCUT2D eigenvalue weighted by atomic mass is 10.0. The van der Waals surface area contributed by atoms with E-state index in [1.807, 2.05) is 12.1 Å². The van der Waals surface area contributed by atoms with E-state index in [4.69, 9.17) is 4.74 Å². The summed E-state index contributed by atoms with van der Waals surface area (Å²) in [5, 5.41) is 7.81. The predicted molar refractivity (Wildman–Crippen MR) is 93.6 cm³/mol. The number of H-pyrrole nitrogens is 1. The minimum absolute atomic E-state index is 0.539. The molecule has 4 heteroatoms. The van der Waals surface area contributed by atoms with Crippen LogP contribution in [0.5, 0.6) is 5.75 Å². The van der Waals surface area contributed by atoms with E-state index in [-0.39, 0.29) is 0 Å². The molecule has 0 fully saturated rings. The molecule has 4 nitrogen and oxygen atoms in total. The fraction of sp³-hybridized carbons (Fsp3) is 0.526. The predicted octanol–water partition coefficient (Wildman–Crippen LogP) is 3.88. The van der Waals surface area contributed by atoms with E-state index in [0.29, 0.717) is 5.92 Å². The average molecular weight is 313 g/mol. The normalized spacial score (nSPS) is 15.0. The largest absolute Gasteiger partial charge is 0.493 e. The summed E-state index contributed by atoms with van der Waals surface area (Å²) in [4.78, 5) is 2.52. The van der Waals surface area contributed by atoms with Crippen LogP contribution < -0.4 is 4.74 Å². The van der Waals surface area contributed by atoms with Gasteiger partial charge in [0.2, 0.25) is 0 Å². The highest BCUT2D eigenvalue weighted by molar-refractivity contribution is 5.65. The van der Waals surface area contributed by atoms with Gasteiger partial charge < -0.3 is 4.74 Å². The van der Waals surface area contributed by atoms with E-state index >= 15 is 0 Å². The Morgan fingerprint density at radius 1 is 1.26 bits per heavy atom. The Bertz CT molecular complexity index is 631. The standard InChI is InChI=1S/C19H27N3O/c1-4-10-22-11-9-18-17(12-22)19(21-20-18)15-5-7-16(8-6-15)23-13-14(2)3/h5-8,14H,4,9-13H2,1-3H3,(H,20,21). The highest BCUT2D eigenvalue weighted by Gasteiger charge is 2.22. The lowest BCUT2D eigenvalue weighted by molar-refractivity contribution is 0.254. The van der Waals surface area contributed by atoms with Crippen molar-refractivity contribution in [1.29, 1.82) is 0 Å².